The number of benzene rings is 1. The Labute approximate surface area is 137 Å². The summed E-state index contributed by atoms with van der Waals surface area (Å²) in [6.07, 6.45) is 4.20. The largest absolute Gasteiger partial charge is 0.497 e. The molecule has 3 rings (SSSR count). The number of likely N-dealkylation sites (tertiary alicyclic amines) is 1. The van der Waals surface area contributed by atoms with Crippen molar-refractivity contribution in [3.05, 3.63) is 23.8 Å². The summed E-state index contributed by atoms with van der Waals surface area (Å²) in [6, 6.07) is 6.45. The lowest BCUT2D eigenvalue weighted by atomic mass is 9.95. The van der Waals surface area contributed by atoms with Crippen LogP contribution < -0.4 is 14.8 Å². The molecule has 0 atom stereocenters. The molecule has 0 spiro atoms. The summed E-state index contributed by atoms with van der Waals surface area (Å²) in [5.74, 6) is 2.08. The number of hydrogen-bond acceptors (Lipinski definition) is 4. The van der Waals surface area contributed by atoms with Crippen LogP contribution in [0.5, 0.6) is 11.5 Å². The second-order valence-electron chi connectivity index (χ2n) is 6.55. The van der Waals surface area contributed by atoms with Gasteiger partial charge in [-0.05, 0) is 56.5 Å². The van der Waals surface area contributed by atoms with Crippen molar-refractivity contribution in [2.45, 2.75) is 38.3 Å². The number of rotatable bonds is 6. The summed E-state index contributed by atoms with van der Waals surface area (Å²) >= 11 is 0. The van der Waals surface area contributed by atoms with E-state index in [1.54, 1.807) is 14.2 Å². The van der Waals surface area contributed by atoms with E-state index in [0.717, 1.165) is 56.8 Å². The van der Waals surface area contributed by atoms with Gasteiger partial charge in [0.25, 0.3) is 0 Å². The van der Waals surface area contributed by atoms with E-state index in [1.165, 1.54) is 5.56 Å². The molecule has 126 valence electrons. The monoisotopic (exact) mass is 318 g/mol. The lowest BCUT2D eigenvalue weighted by Gasteiger charge is -2.31. The highest BCUT2D eigenvalue weighted by molar-refractivity contribution is 5.79. The first-order valence-corrected chi connectivity index (χ1v) is 8.42. The molecule has 1 heterocycles. The van der Waals surface area contributed by atoms with Gasteiger partial charge in [0, 0.05) is 24.6 Å². The molecule has 0 unspecified atom stereocenters. The number of methoxy groups -OCH3 is 2. The van der Waals surface area contributed by atoms with Gasteiger partial charge in [-0.15, -0.1) is 0 Å². The lowest BCUT2D eigenvalue weighted by molar-refractivity contribution is -0.126. The van der Waals surface area contributed by atoms with Gasteiger partial charge < -0.3 is 14.8 Å². The molecule has 5 heteroatoms. The molecule has 0 bridgehead atoms. The zero-order valence-electron chi connectivity index (χ0n) is 14.0. The Morgan fingerprint density at radius 1 is 1.09 bits per heavy atom. The predicted molar refractivity (Wildman–Crippen MR) is 88.7 cm³/mol. The van der Waals surface area contributed by atoms with Gasteiger partial charge in [-0.25, -0.2) is 0 Å². The highest BCUT2D eigenvalue weighted by atomic mass is 16.5. The van der Waals surface area contributed by atoms with Gasteiger partial charge in [-0.2, -0.15) is 0 Å². The van der Waals surface area contributed by atoms with Gasteiger partial charge in [0.2, 0.25) is 5.91 Å². The van der Waals surface area contributed by atoms with Crippen LogP contribution in [0.25, 0.3) is 0 Å². The highest BCUT2D eigenvalue weighted by Gasteiger charge is 2.29. The van der Waals surface area contributed by atoms with Crippen LogP contribution in [0.15, 0.2) is 18.2 Å². The first-order chi connectivity index (χ1) is 11.2. The Hall–Kier alpha value is -1.75. The molecule has 1 N–H and O–H groups in total. The Bertz CT molecular complexity index is 527. The number of carbonyl (C=O) groups is 1. The van der Waals surface area contributed by atoms with Crippen LogP contribution in [0.3, 0.4) is 0 Å². The predicted octanol–water partition coefficient (Wildman–Crippen LogP) is 2.19. The van der Waals surface area contributed by atoms with Gasteiger partial charge in [-0.3, -0.25) is 9.69 Å². The van der Waals surface area contributed by atoms with E-state index < -0.39 is 0 Å². The van der Waals surface area contributed by atoms with Crippen LogP contribution in [0.1, 0.15) is 31.2 Å². The number of piperidine rings is 1. The SMILES string of the molecule is COc1cc(CN2CCC(C(=O)NC3CC3)CC2)cc(OC)c1. The van der Waals surface area contributed by atoms with Gasteiger partial charge in [0.15, 0.2) is 0 Å². The van der Waals surface area contributed by atoms with Crippen molar-refractivity contribution in [1.82, 2.24) is 10.2 Å². The van der Waals surface area contributed by atoms with Crippen LogP contribution >= 0.6 is 0 Å². The molecule has 1 aliphatic carbocycles. The van der Waals surface area contributed by atoms with Crippen molar-refractivity contribution < 1.29 is 14.3 Å². The van der Waals surface area contributed by atoms with Crippen molar-refractivity contribution in [2.24, 2.45) is 5.92 Å². The minimum Gasteiger partial charge on any atom is -0.497 e. The Balaban J connectivity index is 1.52. The molecule has 1 amide bonds. The van der Waals surface area contributed by atoms with Gasteiger partial charge in [0.1, 0.15) is 11.5 Å². The molecule has 2 aliphatic rings. The second kappa shape index (κ2) is 7.21. The standard InChI is InChI=1S/C18H26N2O3/c1-22-16-9-13(10-17(11-16)23-2)12-20-7-5-14(6-8-20)18(21)19-15-3-4-15/h9-11,14-15H,3-8,12H2,1-2H3,(H,19,21). The average molecular weight is 318 g/mol. The van der Waals surface area contributed by atoms with E-state index in [-0.39, 0.29) is 11.8 Å². The smallest absolute Gasteiger partial charge is 0.223 e. The number of amides is 1. The molecule has 0 radical (unpaired) electrons. The minimum absolute atomic E-state index is 0.187. The van der Waals surface area contributed by atoms with Crippen molar-refractivity contribution >= 4 is 5.91 Å². The third-order valence-corrected chi connectivity index (χ3v) is 4.70. The number of ether oxygens (including phenoxy) is 2. The minimum atomic E-state index is 0.187. The first kappa shape index (κ1) is 16.1. The van der Waals surface area contributed by atoms with E-state index in [0.29, 0.717) is 6.04 Å². The summed E-state index contributed by atoms with van der Waals surface area (Å²) in [5.41, 5.74) is 1.18. The van der Waals surface area contributed by atoms with Crippen LogP contribution in [-0.4, -0.2) is 44.2 Å². The number of nitrogens with zero attached hydrogens (tertiary/aromatic N) is 1. The summed E-state index contributed by atoms with van der Waals surface area (Å²) in [5, 5.41) is 3.13. The number of carbonyl (C=O) groups excluding carboxylic acids is 1. The molecule has 0 aromatic heterocycles. The van der Waals surface area contributed by atoms with Crippen molar-refractivity contribution in [3.8, 4) is 11.5 Å². The zero-order chi connectivity index (χ0) is 16.2. The van der Waals surface area contributed by atoms with Gasteiger partial charge in [-0.1, -0.05) is 0 Å². The van der Waals surface area contributed by atoms with E-state index >= 15 is 0 Å². The summed E-state index contributed by atoms with van der Waals surface area (Å²) in [7, 11) is 3.34. The van der Waals surface area contributed by atoms with Crippen molar-refractivity contribution in [2.75, 3.05) is 27.3 Å². The van der Waals surface area contributed by atoms with Crippen LogP contribution in [0.4, 0.5) is 0 Å². The molecule has 1 saturated carbocycles. The fraction of sp³-hybridized carbons (Fsp3) is 0.611. The normalized spacial score (nSPS) is 19.4. The third kappa shape index (κ3) is 4.38. The maximum atomic E-state index is 12.1. The maximum absolute atomic E-state index is 12.1. The maximum Gasteiger partial charge on any atom is 0.223 e. The van der Waals surface area contributed by atoms with Gasteiger partial charge in [0.05, 0.1) is 14.2 Å². The molecular formula is C18H26N2O3. The lowest BCUT2D eigenvalue weighted by Crippen LogP contribution is -2.40. The molecule has 23 heavy (non-hydrogen) atoms. The van der Waals surface area contributed by atoms with Gasteiger partial charge >= 0.3 is 0 Å². The van der Waals surface area contributed by atoms with Crippen LogP contribution in [0.2, 0.25) is 0 Å². The van der Waals surface area contributed by atoms with E-state index in [2.05, 4.69) is 22.3 Å². The Morgan fingerprint density at radius 2 is 1.70 bits per heavy atom. The number of hydrogen-bond donors (Lipinski definition) is 1. The van der Waals surface area contributed by atoms with Crippen molar-refractivity contribution in [3.63, 3.8) is 0 Å². The fourth-order valence-electron chi connectivity index (χ4n) is 3.12. The molecule has 5 nitrogen and oxygen atoms in total. The quantitative estimate of drug-likeness (QED) is 0.873. The van der Waals surface area contributed by atoms with Crippen LogP contribution in [-0.2, 0) is 11.3 Å². The van der Waals surface area contributed by atoms with E-state index in [1.807, 2.05) is 6.07 Å². The third-order valence-electron chi connectivity index (χ3n) is 4.70. The Morgan fingerprint density at radius 3 is 2.22 bits per heavy atom. The zero-order valence-corrected chi connectivity index (χ0v) is 14.0. The summed E-state index contributed by atoms with van der Waals surface area (Å²) in [4.78, 5) is 14.5. The highest BCUT2D eigenvalue weighted by Crippen LogP contribution is 2.26. The second-order valence-corrected chi connectivity index (χ2v) is 6.55. The molecular weight excluding hydrogens is 292 g/mol. The summed E-state index contributed by atoms with van der Waals surface area (Å²) < 4.78 is 10.7. The summed E-state index contributed by atoms with van der Waals surface area (Å²) in [6.45, 7) is 2.79. The molecule has 1 saturated heterocycles. The Kier molecular flexibility index (Phi) is 5.06. The van der Waals surface area contributed by atoms with Crippen molar-refractivity contribution in [1.29, 1.82) is 0 Å². The fourth-order valence-corrected chi connectivity index (χ4v) is 3.12. The topological polar surface area (TPSA) is 50.8 Å². The molecule has 1 aromatic carbocycles. The molecule has 2 fully saturated rings. The molecule has 1 aliphatic heterocycles. The number of nitrogens with one attached hydrogen (secondary N) is 1. The van der Waals surface area contributed by atoms with E-state index in [9.17, 15) is 4.79 Å². The molecule has 1 aromatic rings. The average Bonchev–Trinajstić information content (AvgIpc) is 3.39. The van der Waals surface area contributed by atoms with Crippen LogP contribution in [0, 0.1) is 5.92 Å². The van der Waals surface area contributed by atoms with E-state index in [4.69, 9.17) is 9.47 Å². The first-order valence-electron chi connectivity index (χ1n) is 8.42.